The average molecular weight is 589 g/mol. The van der Waals surface area contributed by atoms with E-state index in [1.54, 1.807) is 42.2 Å². The van der Waals surface area contributed by atoms with Crippen LogP contribution in [0.2, 0.25) is 0 Å². The van der Waals surface area contributed by atoms with Crippen LogP contribution in [0.15, 0.2) is 48.5 Å². The number of benzene rings is 3. The molecule has 0 aromatic heterocycles. The SMILES string of the molecule is COc1cc2c(cc1OCc1cccc(COc3cc4c(cc3OC)C(=O)N3COC[C@H]3N4)c1)NC[C@@H]1COCN1C2=O. The summed E-state index contributed by atoms with van der Waals surface area (Å²) >= 11 is 0. The molecule has 224 valence electrons. The van der Waals surface area contributed by atoms with Gasteiger partial charge in [0.05, 0.1) is 56.0 Å². The molecule has 7 rings (SSSR count). The highest BCUT2D eigenvalue weighted by molar-refractivity contribution is 6.03. The lowest BCUT2D eigenvalue weighted by atomic mass is 10.1. The zero-order chi connectivity index (χ0) is 29.5. The Bertz CT molecular complexity index is 1580. The van der Waals surface area contributed by atoms with Gasteiger partial charge in [-0.3, -0.25) is 14.5 Å². The Hall–Kier alpha value is -4.68. The minimum Gasteiger partial charge on any atom is -0.493 e. The largest absolute Gasteiger partial charge is 0.493 e. The van der Waals surface area contributed by atoms with Gasteiger partial charge < -0.3 is 44.0 Å². The van der Waals surface area contributed by atoms with Crippen LogP contribution >= 0.6 is 0 Å². The van der Waals surface area contributed by atoms with Gasteiger partial charge in [0.15, 0.2) is 23.0 Å². The lowest BCUT2D eigenvalue weighted by Gasteiger charge is -2.31. The number of nitrogens with zero attached hydrogens (tertiary/aromatic N) is 2. The van der Waals surface area contributed by atoms with Gasteiger partial charge >= 0.3 is 0 Å². The van der Waals surface area contributed by atoms with Crippen molar-refractivity contribution in [3.63, 3.8) is 0 Å². The number of carbonyl (C=O) groups is 2. The number of ether oxygens (including phenoxy) is 6. The summed E-state index contributed by atoms with van der Waals surface area (Å²) in [5.41, 5.74) is 4.32. The molecule has 3 aromatic rings. The van der Waals surface area contributed by atoms with Crippen molar-refractivity contribution in [2.24, 2.45) is 0 Å². The van der Waals surface area contributed by atoms with Gasteiger partial charge in [0, 0.05) is 18.7 Å². The molecule has 4 aliphatic rings. The second-order valence-corrected chi connectivity index (χ2v) is 10.7. The van der Waals surface area contributed by atoms with Crippen LogP contribution in [0.25, 0.3) is 0 Å². The standard InChI is InChI=1S/C31H32N4O8/c1-38-25-7-21-23(32-11-20-14-40-16-34(20)30(21)36)9-27(25)42-12-18-4-3-5-19(6-18)13-43-28-10-24-22(8-26(28)39-2)31(37)35-17-41-15-29(35)33-24/h3-10,20,29,32-33H,11-17H2,1-2H3/t20-,29+/m1/s1. The first-order chi connectivity index (χ1) is 21.0. The monoisotopic (exact) mass is 588 g/mol. The Morgan fingerprint density at radius 3 is 2.07 bits per heavy atom. The second-order valence-electron chi connectivity index (χ2n) is 10.7. The molecule has 2 atom stereocenters. The molecule has 2 saturated heterocycles. The molecule has 0 bridgehead atoms. The highest BCUT2D eigenvalue weighted by Gasteiger charge is 2.37. The first-order valence-corrected chi connectivity index (χ1v) is 14.1. The third kappa shape index (κ3) is 5.02. The lowest BCUT2D eigenvalue weighted by molar-refractivity contribution is 0.0655. The summed E-state index contributed by atoms with van der Waals surface area (Å²) in [5, 5.41) is 6.72. The summed E-state index contributed by atoms with van der Waals surface area (Å²) in [6.45, 7) is 2.66. The smallest absolute Gasteiger partial charge is 0.259 e. The highest BCUT2D eigenvalue weighted by Crippen LogP contribution is 2.39. The van der Waals surface area contributed by atoms with Gasteiger partial charge in [-0.25, -0.2) is 0 Å². The van der Waals surface area contributed by atoms with Gasteiger partial charge in [-0.05, 0) is 29.3 Å². The molecule has 0 unspecified atom stereocenters. The molecule has 43 heavy (non-hydrogen) atoms. The second kappa shape index (κ2) is 11.2. The van der Waals surface area contributed by atoms with Gasteiger partial charge in [0.2, 0.25) is 0 Å². The molecule has 2 N–H and O–H groups in total. The number of anilines is 2. The number of methoxy groups -OCH3 is 2. The minimum absolute atomic E-state index is 0.00693. The number of fused-ring (bicyclic) bond motifs is 4. The van der Waals surface area contributed by atoms with Crippen molar-refractivity contribution in [1.29, 1.82) is 0 Å². The summed E-state index contributed by atoms with van der Waals surface area (Å²) in [5.74, 6) is 1.82. The normalized spacial score (nSPS) is 20.2. The van der Waals surface area contributed by atoms with Crippen molar-refractivity contribution in [3.8, 4) is 23.0 Å². The Labute approximate surface area is 248 Å². The van der Waals surface area contributed by atoms with Crippen LogP contribution in [0.3, 0.4) is 0 Å². The van der Waals surface area contributed by atoms with E-state index in [4.69, 9.17) is 28.4 Å². The van der Waals surface area contributed by atoms with E-state index < -0.39 is 0 Å². The lowest BCUT2D eigenvalue weighted by Crippen LogP contribution is -2.45. The zero-order valence-electron chi connectivity index (χ0n) is 23.9. The summed E-state index contributed by atoms with van der Waals surface area (Å²) in [7, 11) is 3.11. The third-order valence-corrected chi connectivity index (χ3v) is 8.08. The van der Waals surface area contributed by atoms with Gasteiger partial charge in [-0.15, -0.1) is 0 Å². The van der Waals surface area contributed by atoms with Crippen molar-refractivity contribution in [3.05, 3.63) is 70.8 Å². The van der Waals surface area contributed by atoms with E-state index in [1.807, 2.05) is 30.3 Å². The Kier molecular flexibility index (Phi) is 7.07. The van der Waals surface area contributed by atoms with E-state index in [-0.39, 0.29) is 50.7 Å². The van der Waals surface area contributed by atoms with E-state index in [1.165, 1.54) is 0 Å². The van der Waals surface area contributed by atoms with Crippen LogP contribution in [0, 0.1) is 0 Å². The first kappa shape index (κ1) is 27.2. The maximum absolute atomic E-state index is 13.1. The van der Waals surface area contributed by atoms with E-state index in [2.05, 4.69) is 10.6 Å². The molecule has 2 amide bonds. The number of amides is 2. The van der Waals surface area contributed by atoms with Crippen LogP contribution in [-0.4, -0.2) is 81.3 Å². The fourth-order valence-corrected chi connectivity index (χ4v) is 5.77. The number of hydrogen-bond donors (Lipinski definition) is 2. The molecule has 12 nitrogen and oxygen atoms in total. The van der Waals surface area contributed by atoms with Crippen LogP contribution in [-0.2, 0) is 22.7 Å². The molecule has 4 heterocycles. The van der Waals surface area contributed by atoms with Gasteiger partial charge in [-0.2, -0.15) is 0 Å². The van der Waals surface area contributed by atoms with E-state index in [9.17, 15) is 9.59 Å². The summed E-state index contributed by atoms with van der Waals surface area (Å²) < 4.78 is 34.4. The molecule has 4 aliphatic heterocycles. The van der Waals surface area contributed by atoms with Crippen LogP contribution in [0.4, 0.5) is 11.4 Å². The zero-order valence-corrected chi connectivity index (χ0v) is 23.9. The predicted molar refractivity (Wildman–Crippen MR) is 155 cm³/mol. The average Bonchev–Trinajstić information content (AvgIpc) is 3.69. The highest BCUT2D eigenvalue weighted by atomic mass is 16.5. The molecule has 3 aromatic carbocycles. The van der Waals surface area contributed by atoms with Crippen LogP contribution in [0.5, 0.6) is 23.0 Å². The summed E-state index contributed by atoms with van der Waals surface area (Å²) in [4.78, 5) is 29.4. The fourth-order valence-electron chi connectivity index (χ4n) is 5.77. The molecule has 0 saturated carbocycles. The van der Waals surface area contributed by atoms with Crippen LogP contribution in [0.1, 0.15) is 31.8 Å². The predicted octanol–water partition coefficient (Wildman–Crippen LogP) is 3.27. The van der Waals surface area contributed by atoms with Crippen molar-refractivity contribution in [2.45, 2.75) is 25.4 Å². The minimum atomic E-state index is -0.195. The van der Waals surface area contributed by atoms with Crippen molar-refractivity contribution >= 4 is 23.2 Å². The van der Waals surface area contributed by atoms with E-state index >= 15 is 0 Å². The van der Waals surface area contributed by atoms with E-state index in [0.29, 0.717) is 65.3 Å². The number of rotatable bonds is 8. The van der Waals surface area contributed by atoms with Crippen molar-refractivity contribution < 1.29 is 38.0 Å². The molecule has 0 aliphatic carbocycles. The van der Waals surface area contributed by atoms with Gasteiger partial charge in [0.25, 0.3) is 11.8 Å². The fraction of sp³-hybridized carbons (Fsp3) is 0.355. The first-order valence-electron chi connectivity index (χ1n) is 14.1. The summed E-state index contributed by atoms with van der Waals surface area (Å²) in [6.07, 6.45) is -0.195. The van der Waals surface area contributed by atoms with Crippen molar-refractivity contribution in [2.75, 3.05) is 58.1 Å². The number of carbonyl (C=O) groups excluding carboxylic acids is 2. The number of nitrogens with one attached hydrogen (secondary N) is 2. The molecule has 2 fully saturated rings. The van der Waals surface area contributed by atoms with E-state index in [0.717, 1.165) is 11.1 Å². The van der Waals surface area contributed by atoms with Crippen LogP contribution < -0.4 is 29.6 Å². The maximum Gasteiger partial charge on any atom is 0.259 e. The molecular weight excluding hydrogens is 556 g/mol. The number of hydrogen-bond acceptors (Lipinski definition) is 10. The summed E-state index contributed by atoms with van der Waals surface area (Å²) in [6, 6.07) is 14.9. The molecule has 0 spiro atoms. The Balaban J connectivity index is 1.04. The maximum atomic E-state index is 13.1. The van der Waals surface area contributed by atoms with Crippen molar-refractivity contribution in [1.82, 2.24) is 9.80 Å². The molecule has 0 radical (unpaired) electrons. The van der Waals surface area contributed by atoms with Gasteiger partial charge in [0.1, 0.15) is 32.8 Å². The molecule has 12 heteroatoms. The quantitative estimate of drug-likeness (QED) is 0.406. The topological polar surface area (TPSA) is 120 Å². The third-order valence-electron chi connectivity index (χ3n) is 8.08. The van der Waals surface area contributed by atoms with Gasteiger partial charge in [-0.1, -0.05) is 18.2 Å². The molecular formula is C31H32N4O8. The Morgan fingerprint density at radius 2 is 1.37 bits per heavy atom. The Morgan fingerprint density at radius 1 is 0.767 bits per heavy atom.